The van der Waals surface area contributed by atoms with Crippen LogP contribution in [0.5, 0.6) is 0 Å². The second kappa shape index (κ2) is 5.63. The second-order valence-electron chi connectivity index (χ2n) is 4.38. The highest BCUT2D eigenvalue weighted by molar-refractivity contribution is 7.17. The molecule has 92 valence electrons. The number of thiophene rings is 1. The van der Waals surface area contributed by atoms with Crippen molar-refractivity contribution < 1.29 is 10.2 Å². The van der Waals surface area contributed by atoms with Crippen LogP contribution in [0.25, 0.3) is 10.1 Å². The molecular weight excluding hydrogens is 232 g/mol. The van der Waals surface area contributed by atoms with Gasteiger partial charge in [0.1, 0.15) is 0 Å². The zero-order chi connectivity index (χ0) is 12.3. The molecule has 0 spiro atoms. The van der Waals surface area contributed by atoms with E-state index in [1.807, 2.05) is 19.1 Å². The van der Waals surface area contributed by atoms with Gasteiger partial charge in [-0.25, -0.2) is 0 Å². The first-order chi connectivity index (χ1) is 8.22. The highest BCUT2D eigenvalue weighted by Crippen LogP contribution is 2.27. The Balaban J connectivity index is 2.13. The zero-order valence-corrected chi connectivity index (χ0v) is 10.8. The molecule has 1 aromatic heterocycles. The molecule has 0 amide bonds. The van der Waals surface area contributed by atoms with Crippen LogP contribution in [0.1, 0.15) is 25.3 Å². The maximum Gasteiger partial charge on any atom is 0.0839 e. The van der Waals surface area contributed by atoms with Gasteiger partial charge in [0, 0.05) is 11.1 Å². The van der Waals surface area contributed by atoms with Gasteiger partial charge >= 0.3 is 0 Å². The lowest BCUT2D eigenvalue weighted by Crippen LogP contribution is -2.27. The summed E-state index contributed by atoms with van der Waals surface area (Å²) in [5.74, 6) is 0. The van der Waals surface area contributed by atoms with E-state index in [9.17, 15) is 10.2 Å². The predicted octanol–water partition coefficient (Wildman–Crippen LogP) is 2.97. The smallest absolute Gasteiger partial charge is 0.0839 e. The molecule has 2 nitrogen and oxygen atoms in total. The summed E-state index contributed by atoms with van der Waals surface area (Å²) < 4.78 is 1.24. The minimum Gasteiger partial charge on any atom is -0.390 e. The Morgan fingerprint density at radius 1 is 1.18 bits per heavy atom. The van der Waals surface area contributed by atoms with E-state index in [0.717, 1.165) is 12.0 Å². The molecule has 1 aromatic carbocycles. The molecular formula is C14H18O2S. The van der Waals surface area contributed by atoms with Crippen LogP contribution >= 0.6 is 11.3 Å². The van der Waals surface area contributed by atoms with Crippen molar-refractivity contribution in [3.8, 4) is 0 Å². The number of hydrogen-bond donors (Lipinski definition) is 2. The minimum atomic E-state index is -0.659. The Labute approximate surface area is 106 Å². The fourth-order valence-corrected chi connectivity index (χ4v) is 3.02. The van der Waals surface area contributed by atoms with E-state index >= 15 is 0 Å². The molecule has 0 aliphatic heterocycles. The minimum absolute atomic E-state index is 0.533. The maximum absolute atomic E-state index is 9.93. The summed E-state index contributed by atoms with van der Waals surface area (Å²) in [7, 11) is 0. The zero-order valence-electron chi connectivity index (χ0n) is 9.97. The van der Waals surface area contributed by atoms with Crippen molar-refractivity contribution in [3.05, 3.63) is 35.2 Å². The lowest BCUT2D eigenvalue weighted by Gasteiger charge is -2.16. The average molecular weight is 250 g/mol. The van der Waals surface area contributed by atoms with Crippen molar-refractivity contribution in [1.82, 2.24) is 0 Å². The molecule has 0 saturated heterocycles. The molecule has 0 fully saturated rings. The first-order valence-electron chi connectivity index (χ1n) is 6.03. The van der Waals surface area contributed by atoms with Gasteiger partial charge in [0.05, 0.1) is 12.2 Å². The number of hydrogen-bond acceptors (Lipinski definition) is 3. The van der Waals surface area contributed by atoms with Gasteiger partial charge in [-0.05, 0) is 28.8 Å². The fourth-order valence-electron chi connectivity index (χ4n) is 2.04. The fraction of sp³-hybridized carbons (Fsp3) is 0.429. The highest BCUT2D eigenvalue weighted by atomic mass is 32.1. The molecule has 2 atom stereocenters. The number of rotatable bonds is 5. The summed E-state index contributed by atoms with van der Waals surface area (Å²) in [5, 5.41) is 22.9. The molecule has 2 rings (SSSR count). The molecule has 2 unspecified atom stereocenters. The third-order valence-corrected chi connectivity index (χ3v) is 4.03. The van der Waals surface area contributed by atoms with Crippen molar-refractivity contribution in [1.29, 1.82) is 0 Å². The van der Waals surface area contributed by atoms with E-state index < -0.39 is 12.2 Å². The highest BCUT2D eigenvalue weighted by Gasteiger charge is 2.17. The first kappa shape index (κ1) is 12.6. The largest absolute Gasteiger partial charge is 0.390 e. The van der Waals surface area contributed by atoms with Gasteiger partial charge in [-0.15, -0.1) is 11.3 Å². The Kier molecular flexibility index (Phi) is 4.15. The van der Waals surface area contributed by atoms with Crippen LogP contribution in [0.4, 0.5) is 0 Å². The Hall–Kier alpha value is -0.900. The summed E-state index contributed by atoms with van der Waals surface area (Å²) >= 11 is 1.69. The normalized spacial score (nSPS) is 15.0. The van der Waals surface area contributed by atoms with E-state index in [2.05, 4.69) is 17.5 Å². The standard InChI is InChI=1S/C14H18O2S/c1-2-5-12(15)13(16)8-10-9-17-14-7-4-3-6-11(10)14/h3-4,6-7,9,12-13,15-16H,2,5,8H2,1H3. The molecule has 0 aliphatic rings. The first-order valence-corrected chi connectivity index (χ1v) is 6.91. The lowest BCUT2D eigenvalue weighted by atomic mass is 10.0. The van der Waals surface area contributed by atoms with Crippen molar-refractivity contribution in [2.45, 2.75) is 38.4 Å². The van der Waals surface area contributed by atoms with Crippen LogP contribution in [0.3, 0.4) is 0 Å². The van der Waals surface area contributed by atoms with Gasteiger partial charge < -0.3 is 10.2 Å². The second-order valence-corrected chi connectivity index (χ2v) is 5.30. The maximum atomic E-state index is 9.93. The molecule has 0 radical (unpaired) electrons. The summed E-state index contributed by atoms with van der Waals surface area (Å²) in [6.07, 6.45) is 0.809. The third kappa shape index (κ3) is 2.86. The monoisotopic (exact) mass is 250 g/mol. The van der Waals surface area contributed by atoms with E-state index in [1.54, 1.807) is 11.3 Å². The number of aliphatic hydroxyl groups excluding tert-OH is 2. The molecule has 0 bridgehead atoms. The van der Waals surface area contributed by atoms with Crippen LogP contribution in [-0.2, 0) is 6.42 Å². The van der Waals surface area contributed by atoms with E-state index in [4.69, 9.17) is 0 Å². The van der Waals surface area contributed by atoms with E-state index in [1.165, 1.54) is 10.1 Å². The molecule has 1 heterocycles. The van der Waals surface area contributed by atoms with Crippen LogP contribution in [0.15, 0.2) is 29.6 Å². The Morgan fingerprint density at radius 3 is 2.71 bits per heavy atom. The topological polar surface area (TPSA) is 40.5 Å². The van der Waals surface area contributed by atoms with Crippen molar-refractivity contribution in [2.24, 2.45) is 0 Å². The van der Waals surface area contributed by atoms with Crippen LogP contribution in [0.2, 0.25) is 0 Å². The van der Waals surface area contributed by atoms with Crippen molar-refractivity contribution >= 4 is 21.4 Å². The van der Waals surface area contributed by atoms with Crippen LogP contribution < -0.4 is 0 Å². The number of fused-ring (bicyclic) bond motifs is 1. The van der Waals surface area contributed by atoms with Crippen molar-refractivity contribution in [3.63, 3.8) is 0 Å². The van der Waals surface area contributed by atoms with Crippen molar-refractivity contribution in [2.75, 3.05) is 0 Å². The van der Waals surface area contributed by atoms with Gasteiger partial charge in [-0.1, -0.05) is 31.5 Å². The van der Waals surface area contributed by atoms with Gasteiger partial charge in [0.15, 0.2) is 0 Å². The van der Waals surface area contributed by atoms with Gasteiger partial charge in [0.2, 0.25) is 0 Å². The number of benzene rings is 1. The van der Waals surface area contributed by atoms with E-state index in [0.29, 0.717) is 12.8 Å². The summed E-state index contributed by atoms with van der Waals surface area (Å²) in [4.78, 5) is 0. The van der Waals surface area contributed by atoms with Gasteiger partial charge in [0.25, 0.3) is 0 Å². The van der Waals surface area contributed by atoms with E-state index in [-0.39, 0.29) is 0 Å². The molecule has 17 heavy (non-hydrogen) atoms. The number of aliphatic hydroxyl groups is 2. The summed E-state index contributed by atoms with van der Waals surface area (Å²) in [6, 6.07) is 8.18. The average Bonchev–Trinajstić information content (AvgIpc) is 2.73. The SMILES string of the molecule is CCCC(O)C(O)Cc1csc2ccccc12. The molecule has 0 aliphatic carbocycles. The van der Waals surface area contributed by atoms with Crippen LogP contribution in [0, 0.1) is 0 Å². The van der Waals surface area contributed by atoms with Gasteiger partial charge in [-0.3, -0.25) is 0 Å². The Bertz CT molecular complexity index is 478. The molecule has 2 N–H and O–H groups in total. The van der Waals surface area contributed by atoms with Crippen LogP contribution in [-0.4, -0.2) is 22.4 Å². The summed E-state index contributed by atoms with van der Waals surface area (Å²) in [6.45, 7) is 2.01. The van der Waals surface area contributed by atoms with Gasteiger partial charge in [-0.2, -0.15) is 0 Å². The Morgan fingerprint density at radius 2 is 1.94 bits per heavy atom. The molecule has 3 heteroatoms. The molecule has 2 aromatic rings. The quantitative estimate of drug-likeness (QED) is 0.856. The third-order valence-electron chi connectivity index (χ3n) is 3.02. The molecule has 0 saturated carbocycles. The lowest BCUT2D eigenvalue weighted by molar-refractivity contribution is 0.0150. The summed E-state index contributed by atoms with van der Waals surface area (Å²) in [5.41, 5.74) is 1.13. The predicted molar refractivity (Wildman–Crippen MR) is 72.5 cm³/mol.